The van der Waals surface area contributed by atoms with Crippen LogP contribution in [0, 0.1) is 6.92 Å². The quantitative estimate of drug-likeness (QED) is 0.519. The van der Waals surface area contributed by atoms with Crippen molar-refractivity contribution < 1.29 is 19.1 Å². The van der Waals surface area contributed by atoms with E-state index in [-0.39, 0.29) is 18.4 Å². The summed E-state index contributed by atoms with van der Waals surface area (Å²) in [6.45, 7) is 6.76. The largest absolute Gasteiger partial charge is 0.497 e. The molecular formula is C25H34N2O4. The van der Waals surface area contributed by atoms with Gasteiger partial charge < -0.3 is 19.7 Å². The minimum atomic E-state index is -0.562. The number of hydrogen-bond donors (Lipinski definition) is 1. The molecule has 6 nitrogen and oxygen atoms in total. The van der Waals surface area contributed by atoms with Gasteiger partial charge in [0.1, 0.15) is 17.5 Å². The lowest BCUT2D eigenvalue weighted by Crippen LogP contribution is -2.50. The maximum absolute atomic E-state index is 13.2. The molecule has 2 aromatic rings. The molecular weight excluding hydrogens is 392 g/mol. The zero-order chi connectivity index (χ0) is 22.6. The molecule has 0 heterocycles. The van der Waals surface area contributed by atoms with Crippen LogP contribution in [0.2, 0.25) is 0 Å². The van der Waals surface area contributed by atoms with E-state index in [1.165, 1.54) is 0 Å². The predicted octanol–water partition coefficient (Wildman–Crippen LogP) is 4.11. The van der Waals surface area contributed by atoms with Crippen molar-refractivity contribution in [1.29, 1.82) is 0 Å². The number of carbonyl (C=O) groups excluding carboxylic acids is 2. The van der Waals surface area contributed by atoms with Gasteiger partial charge in [-0.3, -0.25) is 9.59 Å². The lowest BCUT2D eigenvalue weighted by molar-refractivity contribution is -0.143. The Morgan fingerprint density at radius 2 is 1.81 bits per heavy atom. The summed E-state index contributed by atoms with van der Waals surface area (Å²) in [6, 6.07) is 14.5. The summed E-state index contributed by atoms with van der Waals surface area (Å²) >= 11 is 0. The molecule has 0 aliphatic heterocycles. The predicted molar refractivity (Wildman–Crippen MR) is 122 cm³/mol. The van der Waals surface area contributed by atoms with E-state index in [9.17, 15) is 9.59 Å². The number of amides is 2. The van der Waals surface area contributed by atoms with Crippen LogP contribution in [0.3, 0.4) is 0 Å². The molecule has 2 amide bonds. The molecule has 31 heavy (non-hydrogen) atoms. The summed E-state index contributed by atoms with van der Waals surface area (Å²) in [6.07, 6.45) is 2.42. The Hall–Kier alpha value is -3.02. The Morgan fingerprint density at radius 3 is 2.42 bits per heavy atom. The molecule has 1 N–H and O–H groups in total. The van der Waals surface area contributed by atoms with Gasteiger partial charge in [0.2, 0.25) is 5.91 Å². The number of unbranched alkanes of at least 4 members (excludes halogenated alkanes) is 1. The fourth-order valence-electron chi connectivity index (χ4n) is 3.29. The Morgan fingerprint density at radius 1 is 1.06 bits per heavy atom. The van der Waals surface area contributed by atoms with E-state index in [4.69, 9.17) is 9.47 Å². The maximum Gasteiger partial charge on any atom is 0.261 e. The summed E-state index contributed by atoms with van der Waals surface area (Å²) < 4.78 is 10.9. The van der Waals surface area contributed by atoms with Crippen LogP contribution in [0.25, 0.3) is 0 Å². The number of rotatable bonds is 12. The van der Waals surface area contributed by atoms with E-state index in [1.54, 1.807) is 12.0 Å². The molecule has 2 rings (SSSR count). The fraction of sp³-hybridized carbons (Fsp3) is 0.440. The molecule has 0 radical (unpaired) electrons. The zero-order valence-corrected chi connectivity index (χ0v) is 19.0. The highest BCUT2D eigenvalue weighted by atomic mass is 16.5. The van der Waals surface area contributed by atoms with Crippen molar-refractivity contribution in [1.82, 2.24) is 10.2 Å². The Bertz CT molecular complexity index is 836. The third kappa shape index (κ3) is 7.63. The molecule has 0 fully saturated rings. The van der Waals surface area contributed by atoms with Crippen LogP contribution in [-0.4, -0.2) is 43.0 Å². The molecule has 6 heteroatoms. The first-order valence-electron chi connectivity index (χ1n) is 10.9. The first-order chi connectivity index (χ1) is 15.0. The van der Waals surface area contributed by atoms with Crippen molar-refractivity contribution in [2.75, 3.05) is 20.3 Å². The molecule has 0 aliphatic carbocycles. The highest BCUT2D eigenvalue weighted by Gasteiger charge is 2.28. The minimum absolute atomic E-state index is 0.127. The highest BCUT2D eigenvalue weighted by molar-refractivity contribution is 5.88. The van der Waals surface area contributed by atoms with Crippen LogP contribution < -0.4 is 14.8 Å². The normalized spacial score (nSPS) is 11.5. The average Bonchev–Trinajstić information content (AvgIpc) is 2.78. The summed E-state index contributed by atoms with van der Waals surface area (Å²) in [4.78, 5) is 27.6. The van der Waals surface area contributed by atoms with Crippen LogP contribution in [0.5, 0.6) is 11.5 Å². The van der Waals surface area contributed by atoms with Crippen LogP contribution in [0.4, 0.5) is 0 Å². The van der Waals surface area contributed by atoms with Gasteiger partial charge in [-0.05, 0) is 55.2 Å². The Labute approximate surface area is 185 Å². The summed E-state index contributed by atoms with van der Waals surface area (Å²) in [5.41, 5.74) is 1.98. The van der Waals surface area contributed by atoms with Gasteiger partial charge in [0.15, 0.2) is 6.61 Å². The first-order valence-corrected chi connectivity index (χ1v) is 10.9. The maximum atomic E-state index is 13.2. The third-order valence-corrected chi connectivity index (χ3v) is 5.08. The SMILES string of the molecule is CCCCNC(=O)[C@@H](CC)N(Cc1ccc(OC)cc1)C(=O)COc1cccc(C)c1. The Kier molecular flexibility index (Phi) is 9.88. The monoisotopic (exact) mass is 426 g/mol. The number of ether oxygens (including phenoxy) is 2. The molecule has 0 bridgehead atoms. The van der Waals surface area contributed by atoms with Crippen molar-refractivity contribution in [2.45, 2.75) is 52.6 Å². The number of nitrogens with zero attached hydrogens (tertiary/aromatic N) is 1. The molecule has 2 aromatic carbocycles. The van der Waals surface area contributed by atoms with Gasteiger partial charge in [-0.2, -0.15) is 0 Å². The van der Waals surface area contributed by atoms with Gasteiger partial charge in [0.05, 0.1) is 7.11 Å². The van der Waals surface area contributed by atoms with Gasteiger partial charge in [-0.15, -0.1) is 0 Å². The van der Waals surface area contributed by atoms with Crippen LogP contribution in [0.15, 0.2) is 48.5 Å². The standard InChI is InChI=1S/C25H34N2O4/c1-5-7-15-26-25(29)23(6-2)27(17-20-11-13-21(30-4)14-12-20)24(28)18-31-22-10-8-9-19(3)16-22/h8-14,16,23H,5-7,15,17-18H2,1-4H3,(H,26,29)/t23-/m1/s1. The molecule has 0 aliphatic rings. The molecule has 0 saturated heterocycles. The molecule has 0 spiro atoms. The van der Waals surface area contributed by atoms with Crippen molar-refractivity contribution >= 4 is 11.8 Å². The Balaban J connectivity index is 2.17. The van der Waals surface area contributed by atoms with Crippen molar-refractivity contribution in [3.05, 3.63) is 59.7 Å². The van der Waals surface area contributed by atoms with E-state index in [1.807, 2.05) is 62.4 Å². The highest BCUT2D eigenvalue weighted by Crippen LogP contribution is 2.17. The average molecular weight is 427 g/mol. The second-order valence-corrected chi connectivity index (χ2v) is 7.54. The van der Waals surface area contributed by atoms with E-state index < -0.39 is 6.04 Å². The molecule has 0 unspecified atom stereocenters. The number of carbonyl (C=O) groups is 2. The van der Waals surface area contributed by atoms with Crippen molar-refractivity contribution in [3.63, 3.8) is 0 Å². The van der Waals surface area contributed by atoms with E-state index in [0.717, 1.165) is 29.7 Å². The second kappa shape index (κ2) is 12.6. The van der Waals surface area contributed by atoms with Gasteiger partial charge in [0.25, 0.3) is 5.91 Å². The van der Waals surface area contributed by atoms with Gasteiger partial charge in [-0.1, -0.05) is 44.5 Å². The van der Waals surface area contributed by atoms with Gasteiger partial charge in [-0.25, -0.2) is 0 Å². The molecule has 168 valence electrons. The topological polar surface area (TPSA) is 67.9 Å². The molecule has 1 atom stereocenters. The number of methoxy groups -OCH3 is 1. The smallest absolute Gasteiger partial charge is 0.261 e. The minimum Gasteiger partial charge on any atom is -0.497 e. The van der Waals surface area contributed by atoms with E-state index in [0.29, 0.717) is 25.3 Å². The van der Waals surface area contributed by atoms with E-state index >= 15 is 0 Å². The summed E-state index contributed by atoms with van der Waals surface area (Å²) in [5, 5.41) is 2.96. The van der Waals surface area contributed by atoms with Crippen LogP contribution in [-0.2, 0) is 16.1 Å². The molecule has 0 aromatic heterocycles. The van der Waals surface area contributed by atoms with Crippen molar-refractivity contribution in [3.8, 4) is 11.5 Å². The second-order valence-electron chi connectivity index (χ2n) is 7.54. The van der Waals surface area contributed by atoms with Gasteiger partial charge in [0, 0.05) is 13.1 Å². The fourth-order valence-corrected chi connectivity index (χ4v) is 3.29. The number of hydrogen-bond acceptors (Lipinski definition) is 4. The summed E-state index contributed by atoms with van der Waals surface area (Å²) in [7, 11) is 1.61. The number of aryl methyl sites for hydroxylation is 1. The number of nitrogens with one attached hydrogen (secondary N) is 1. The third-order valence-electron chi connectivity index (χ3n) is 5.08. The first kappa shape index (κ1) is 24.3. The molecule has 0 saturated carbocycles. The lowest BCUT2D eigenvalue weighted by atomic mass is 10.1. The number of benzene rings is 2. The van der Waals surface area contributed by atoms with Crippen LogP contribution in [0.1, 0.15) is 44.2 Å². The van der Waals surface area contributed by atoms with Crippen molar-refractivity contribution in [2.24, 2.45) is 0 Å². The van der Waals surface area contributed by atoms with Gasteiger partial charge >= 0.3 is 0 Å². The van der Waals surface area contributed by atoms with Crippen LogP contribution >= 0.6 is 0 Å². The lowest BCUT2D eigenvalue weighted by Gasteiger charge is -2.30. The van der Waals surface area contributed by atoms with E-state index in [2.05, 4.69) is 12.2 Å². The summed E-state index contributed by atoms with van der Waals surface area (Å²) in [5.74, 6) is 1.02. The zero-order valence-electron chi connectivity index (χ0n) is 19.0.